The van der Waals surface area contributed by atoms with Gasteiger partial charge in [0, 0.05) is 36.9 Å². The second-order valence-electron chi connectivity index (χ2n) is 5.25. The van der Waals surface area contributed by atoms with Gasteiger partial charge in [0.25, 0.3) is 0 Å². The van der Waals surface area contributed by atoms with Gasteiger partial charge >= 0.3 is 6.03 Å². The maximum absolute atomic E-state index is 11.6. The average Bonchev–Trinajstić information content (AvgIpc) is 2.85. The number of aliphatic hydroxyl groups is 1. The minimum atomic E-state index is -0.158. The molecule has 0 saturated heterocycles. The SMILES string of the molecule is CC(CCCO)NC(=O)NCCc1csc(C(C)C)n1. The van der Waals surface area contributed by atoms with Crippen LogP contribution in [0, 0.1) is 0 Å². The minimum absolute atomic E-state index is 0.0777. The Balaban J connectivity index is 2.20. The third-order valence-corrected chi connectivity index (χ3v) is 4.10. The highest BCUT2D eigenvalue weighted by Gasteiger charge is 2.08. The van der Waals surface area contributed by atoms with Crippen molar-refractivity contribution in [3.05, 3.63) is 16.1 Å². The molecule has 0 spiro atoms. The summed E-state index contributed by atoms with van der Waals surface area (Å²) in [6.07, 6.45) is 2.24. The Morgan fingerprint density at radius 3 is 2.80 bits per heavy atom. The van der Waals surface area contributed by atoms with E-state index in [0.29, 0.717) is 18.9 Å². The number of carbonyl (C=O) groups is 1. The Labute approximate surface area is 124 Å². The summed E-state index contributed by atoms with van der Waals surface area (Å²) in [6.45, 7) is 6.93. The third-order valence-electron chi connectivity index (χ3n) is 2.90. The number of urea groups is 1. The number of thiazole rings is 1. The number of hydrogen-bond acceptors (Lipinski definition) is 4. The molecular formula is C14H25N3O2S. The summed E-state index contributed by atoms with van der Waals surface area (Å²) in [5.41, 5.74) is 1.03. The van der Waals surface area contributed by atoms with Gasteiger partial charge in [0.1, 0.15) is 0 Å². The Morgan fingerprint density at radius 2 is 2.20 bits per heavy atom. The molecule has 0 bridgehead atoms. The van der Waals surface area contributed by atoms with Crippen molar-refractivity contribution in [2.24, 2.45) is 0 Å². The second kappa shape index (κ2) is 8.92. The molecule has 1 rings (SSSR count). The quantitative estimate of drug-likeness (QED) is 0.689. The van der Waals surface area contributed by atoms with E-state index in [4.69, 9.17) is 5.11 Å². The first-order chi connectivity index (χ1) is 9.52. The van der Waals surface area contributed by atoms with Crippen LogP contribution < -0.4 is 10.6 Å². The average molecular weight is 299 g/mol. The molecule has 0 aromatic carbocycles. The number of nitrogens with zero attached hydrogens (tertiary/aromatic N) is 1. The molecule has 1 heterocycles. The molecule has 0 aliphatic rings. The normalized spacial score (nSPS) is 12.4. The van der Waals surface area contributed by atoms with Gasteiger partial charge in [0.15, 0.2) is 0 Å². The highest BCUT2D eigenvalue weighted by atomic mass is 32.1. The van der Waals surface area contributed by atoms with E-state index in [9.17, 15) is 4.79 Å². The lowest BCUT2D eigenvalue weighted by Gasteiger charge is -2.13. The number of aliphatic hydroxyl groups excluding tert-OH is 1. The molecule has 5 nitrogen and oxygen atoms in total. The molecule has 114 valence electrons. The smallest absolute Gasteiger partial charge is 0.315 e. The summed E-state index contributed by atoms with van der Waals surface area (Å²) < 4.78 is 0. The first-order valence-corrected chi connectivity index (χ1v) is 8.00. The first kappa shape index (κ1) is 16.9. The number of aromatic nitrogens is 1. The summed E-state index contributed by atoms with van der Waals surface area (Å²) >= 11 is 1.67. The zero-order valence-corrected chi connectivity index (χ0v) is 13.3. The topological polar surface area (TPSA) is 74.2 Å². The van der Waals surface area contributed by atoms with Crippen LogP contribution in [-0.4, -0.2) is 35.3 Å². The highest BCUT2D eigenvalue weighted by Crippen LogP contribution is 2.19. The molecule has 1 aromatic rings. The van der Waals surface area contributed by atoms with Gasteiger partial charge in [-0.05, 0) is 19.8 Å². The van der Waals surface area contributed by atoms with Gasteiger partial charge in [0.2, 0.25) is 0 Å². The lowest BCUT2D eigenvalue weighted by molar-refractivity contribution is 0.234. The summed E-state index contributed by atoms with van der Waals surface area (Å²) in [5.74, 6) is 0.456. The van der Waals surface area contributed by atoms with Gasteiger partial charge in [-0.2, -0.15) is 0 Å². The van der Waals surface area contributed by atoms with E-state index in [0.717, 1.165) is 23.5 Å². The van der Waals surface area contributed by atoms with Crippen molar-refractivity contribution < 1.29 is 9.90 Å². The molecule has 6 heteroatoms. The van der Waals surface area contributed by atoms with Crippen LogP contribution in [0.25, 0.3) is 0 Å². The van der Waals surface area contributed by atoms with Crippen LogP contribution in [0.4, 0.5) is 4.79 Å². The van der Waals surface area contributed by atoms with Gasteiger partial charge in [0.05, 0.1) is 10.7 Å². The number of amides is 2. The fourth-order valence-corrected chi connectivity index (χ4v) is 2.62. The molecule has 1 atom stereocenters. The second-order valence-corrected chi connectivity index (χ2v) is 6.14. The Kier molecular flexibility index (Phi) is 7.54. The molecule has 0 saturated carbocycles. The van der Waals surface area contributed by atoms with Crippen molar-refractivity contribution in [2.45, 2.75) is 52.0 Å². The lowest BCUT2D eigenvalue weighted by atomic mass is 10.2. The van der Waals surface area contributed by atoms with Crippen LogP contribution in [0.15, 0.2) is 5.38 Å². The summed E-state index contributed by atoms with van der Waals surface area (Å²) in [7, 11) is 0. The van der Waals surface area contributed by atoms with Gasteiger partial charge in [-0.1, -0.05) is 13.8 Å². The van der Waals surface area contributed by atoms with Crippen molar-refractivity contribution in [1.82, 2.24) is 15.6 Å². The van der Waals surface area contributed by atoms with E-state index >= 15 is 0 Å². The van der Waals surface area contributed by atoms with Gasteiger partial charge in [-0.25, -0.2) is 9.78 Å². The fraction of sp³-hybridized carbons (Fsp3) is 0.714. The molecule has 2 amide bonds. The largest absolute Gasteiger partial charge is 0.396 e. The van der Waals surface area contributed by atoms with Crippen LogP contribution in [0.3, 0.4) is 0 Å². The van der Waals surface area contributed by atoms with E-state index in [2.05, 4.69) is 34.8 Å². The molecule has 3 N–H and O–H groups in total. The summed E-state index contributed by atoms with van der Waals surface area (Å²) in [6, 6.07) is -0.0799. The van der Waals surface area contributed by atoms with E-state index in [-0.39, 0.29) is 18.7 Å². The predicted octanol–water partition coefficient (Wildman–Crippen LogP) is 2.27. The molecule has 1 aromatic heterocycles. The Morgan fingerprint density at radius 1 is 1.45 bits per heavy atom. The molecular weight excluding hydrogens is 274 g/mol. The Hall–Kier alpha value is -1.14. The van der Waals surface area contributed by atoms with Crippen molar-refractivity contribution in [3.8, 4) is 0 Å². The maximum atomic E-state index is 11.6. The highest BCUT2D eigenvalue weighted by molar-refractivity contribution is 7.09. The molecule has 1 unspecified atom stereocenters. The number of carbonyl (C=O) groups excluding carboxylic acids is 1. The molecule has 20 heavy (non-hydrogen) atoms. The zero-order valence-electron chi connectivity index (χ0n) is 12.5. The molecule has 0 fully saturated rings. The Bertz CT molecular complexity index is 407. The van der Waals surface area contributed by atoms with E-state index in [1.165, 1.54) is 0 Å². The first-order valence-electron chi connectivity index (χ1n) is 7.12. The van der Waals surface area contributed by atoms with Crippen molar-refractivity contribution in [3.63, 3.8) is 0 Å². The summed E-state index contributed by atoms with van der Waals surface area (Å²) in [4.78, 5) is 16.1. The van der Waals surface area contributed by atoms with Crippen LogP contribution in [0.5, 0.6) is 0 Å². The zero-order chi connectivity index (χ0) is 15.0. The third kappa shape index (κ3) is 6.34. The van der Waals surface area contributed by atoms with E-state index in [1.54, 1.807) is 11.3 Å². The number of hydrogen-bond donors (Lipinski definition) is 3. The predicted molar refractivity (Wildman–Crippen MR) is 82.2 cm³/mol. The fourth-order valence-electron chi connectivity index (χ4n) is 1.75. The van der Waals surface area contributed by atoms with Crippen LogP contribution in [0.2, 0.25) is 0 Å². The van der Waals surface area contributed by atoms with Crippen molar-refractivity contribution in [2.75, 3.05) is 13.2 Å². The molecule has 0 aliphatic carbocycles. The minimum Gasteiger partial charge on any atom is -0.396 e. The lowest BCUT2D eigenvalue weighted by Crippen LogP contribution is -2.41. The summed E-state index contributed by atoms with van der Waals surface area (Å²) in [5, 5.41) is 17.6. The van der Waals surface area contributed by atoms with Crippen LogP contribution in [0.1, 0.15) is 50.2 Å². The van der Waals surface area contributed by atoms with Crippen molar-refractivity contribution >= 4 is 17.4 Å². The van der Waals surface area contributed by atoms with Crippen LogP contribution >= 0.6 is 11.3 Å². The van der Waals surface area contributed by atoms with Gasteiger partial charge in [-0.15, -0.1) is 11.3 Å². The monoisotopic (exact) mass is 299 g/mol. The van der Waals surface area contributed by atoms with Gasteiger partial charge in [-0.3, -0.25) is 0 Å². The van der Waals surface area contributed by atoms with Gasteiger partial charge < -0.3 is 15.7 Å². The molecule has 0 aliphatic heterocycles. The van der Waals surface area contributed by atoms with Crippen LogP contribution in [-0.2, 0) is 6.42 Å². The van der Waals surface area contributed by atoms with E-state index < -0.39 is 0 Å². The number of nitrogens with one attached hydrogen (secondary N) is 2. The maximum Gasteiger partial charge on any atom is 0.315 e. The van der Waals surface area contributed by atoms with Crippen molar-refractivity contribution in [1.29, 1.82) is 0 Å². The number of rotatable bonds is 8. The standard InChI is InChI=1S/C14H25N3O2S/c1-10(2)13-17-12(9-20-13)6-7-15-14(19)16-11(3)5-4-8-18/h9-11,18H,4-8H2,1-3H3,(H2,15,16,19). The van der Waals surface area contributed by atoms with E-state index in [1.807, 2.05) is 6.92 Å². The molecule has 0 radical (unpaired) electrons.